The Kier molecular flexibility index (Phi) is 11.5. The Labute approximate surface area is 365 Å². The summed E-state index contributed by atoms with van der Waals surface area (Å²) in [4.78, 5) is 6.84. The van der Waals surface area contributed by atoms with Crippen molar-refractivity contribution >= 4 is 0 Å². The maximum absolute atomic E-state index is 3.45. The van der Waals surface area contributed by atoms with Crippen LogP contribution in [0, 0.1) is 88.3 Å². The molecule has 2 aliphatic heterocycles. The van der Waals surface area contributed by atoms with Crippen molar-refractivity contribution in [1.29, 1.82) is 0 Å². The standard InChI is InChI=1S/C57H94N2/c1-57(2)51-22-12-9-19-45(51)46-28-27-43(36-52(46)57)58-53-23-13-10-20-47(53)49-34-39(25-29-55(49)58)40-26-30-56-50(35-40)48-21-11-14-24-54(48)59(56)44-32-41(37-15-5-3-6-16-37)31-42(33-44)38-17-7-4-8-18-38/h37-56H,3-36H2,1-2H3. The molecule has 0 bridgehead atoms. The van der Waals surface area contributed by atoms with Crippen LogP contribution in [0.3, 0.4) is 0 Å². The van der Waals surface area contributed by atoms with Gasteiger partial charge in [0.1, 0.15) is 0 Å². The molecule has 332 valence electrons. The van der Waals surface area contributed by atoms with E-state index in [1.807, 2.05) is 0 Å². The Morgan fingerprint density at radius 2 is 0.729 bits per heavy atom. The Balaban J connectivity index is 0.750. The van der Waals surface area contributed by atoms with Crippen LogP contribution in [0.4, 0.5) is 0 Å². The summed E-state index contributed by atoms with van der Waals surface area (Å²) in [6.07, 6.45) is 53.5. The lowest BCUT2D eigenvalue weighted by Crippen LogP contribution is -2.52. The molecule has 12 fully saturated rings. The molecule has 17 unspecified atom stereocenters. The fraction of sp³-hybridized carbons (Fsp3) is 1.00. The molecule has 2 nitrogen and oxygen atoms in total. The number of rotatable bonds is 5. The van der Waals surface area contributed by atoms with Gasteiger partial charge in [0.25, 0.3) is 0 Å². The fourth-order valence-corrected chi connectivity index (χ4v) is 21.8. The molecule has 17 atom stereocenters. The van der Waals surface area contributed by atoms with Crippen molar-refractivity contribution in [2.24, 2.45) is 88.3 Å². The first-order chi connectivity index (χ1) is 29.0. The molecule has 0 aromatic rings. The number of likely N-dealkylation sites (tertiary alicyclic amines) is 2. The zero-order chi connectivity index (χ0) is 39.2. The van der Waals surface area contributed by atoms with E-state index in [1.54, 1.807) is 180 Å². The van der Waals surface area contributed by atoms with Crippen LogP contribution in [0.5, 0.6) is 0 Å². The average molecular weight is 807 g/mol. The molecule has 59 heavy (non-hydrogen) atoms. The van der Waals surface area contributed by atoms with Gasteiger partial charge in [-0.3, -0.25) is 9.80 Å². The van der Waals surface area contributed by atoms with E-state index in [-0.39, 0.29) is 0 Å². The molecule has 0 aromatic carbocycles. The molecule has 0 aromatic heterocycles. The molecule has 0 amide bonds. The first kappa shape index (κ1) is 40.4. The van der Waals surface area contributed by atoms with Crippen LogP contribution < -0.4 is 0 Å². The van der Waals surface area contributed by atoms with Gasteiger partial charge in [-0.1, -0.05) is 117 Å². The van der Waals surface area contributed by atoms with Crippen LogP contribution in [-0.2, 0) is 0 Å². The van der Waals surface area contributed by atoms with E-state index in [1.165, 1.54) is 38.5 Å². The molecule has 10 aliphatic carbocycles. The highest BCUT2D eigenvalue weighted by atomic mass is 15.3. The van der Waals surface area contributed by atoms with Gasteiger partial charge in [-0.25, -0.2) is 0 Å². The Morgan fingerprint density at radius 3 is 1.31 bits per heavy atom. The Bertz CT molecular complexity index is 1400. The topological polar surface area (TPSA) is 6.48 Å². The third-order valence-corrected chi connectivity index (χ3v) is 24.1. The lowest BCUT2D eigenvalue weighted by atomic mass is 9.62. The molecule has 2 heterocycles. The number of hydrogen-bond donors (Lipinski definition) is 0. The summed E-state index contributed by atoms with van der Waals surface area (Å²) < 4.78 is 0. The number of fused-ring (bicyclic) bond motifs is 9. The highest BCUT2D eigenvalue weighted by Crippen LogP contribution is 2.65. The smallest absolute Gasteiger partial charge is 0.0133 e. The van der Waals surface area contributed by atoms with Gasteiger partial charge in [-0.05, 0) is 204 Å². The monoisotopic (exact) mass is 807 g/mol. The number of hydrogen-bond acceptors (Lipinski definition) is 2. The van der Waals surface area contributed by atoms with Gasteiger partial charge in [0.2, 0.25) is 0 Å². The van der Waals surface area contributed by atoms with E-state index < -0.39 is 0 Å². The average Bonchev–Trinajstić information content (AvgIpc) is 3.89. The highest BCUT2D eigenvalue weighted by molar-refractivity contribution is 5.13. The molecule has 10 saturated carbocycles. The van der Waals surface area contributed by atoms with Gasteiger partial charge >= 0.3 is 0 Å². The van der Waals surface area contributed by atoms with Gasteiger partial charge in [-0.15, -0.1) is 0 Å². The third-order valence-electron chi connectivity index (χ3n) is 24.1. The van der Waals surface area contributed by atoms with Crippen LogP contribution in [-0.4, -0.2) is 46.1 Å². The van der Waals surface area contributed by atoms with E-state index >= 15 is 0 Å². The fourth-order valence-electron chi connectivity index (χ4n) is 21.8. The van der Waals surface area contributed by atoms with E-state index in [2.05, 4.69) is 23.6 Å². The summed E-state index contributed by atoms with van der Waals surface area (Å²) in [6, 6.07) is 5.70. The van der Waals surface area contributed by atoms with Crippen LogP contribution in [0.15, 0.2) is 0 Å². The summed E-state index contributed by atoms with van der Waals surface area (Å²) in [5.74, 6) is 14.8. The molecule has 12 rings (SSSR count). The van der Waals surface area contributed by atoms with Crippen molar-refractivity contribution in [3.05, 3.63) is 0 Å². The lowest BCUT2D eigenvalue weighted by molar-refractivity contribution is -0.00706. The van der Waals surface area contributed by atoms with E-state index in [9.17, 15) is 0 Å². The van der Waals surface area contributed by atoms with Gasteiger partial charge in [0.05, 0.1) is 0 Å². The second-order valence-corrected chi connectivity index (χ2v) is 26.3. The predicted molar refractivity (Wildman–Crippen MR) is 246 cm³/mol. The van der Waals surface area contributed by atoms with Crippen molar-refractivity contribution in [1.82, 2.24) is 9.80 Å². The quantitative estimate of drug-likeness (QED) is 0.273. The van der Waals surface area contributed by atoms with Crippen molar-refractivity contribution in [3.8, 4) is 0 Å². The minimum absolute atomic E-state index is 0.592. The minimum Gasteiger partial charge on any atom is -0.294 e. The van der Waals surface area contributed by atoms with E-state index in [4.69, 9.17) is 0 Å². The first-order valence-corrected chi connectivity index (χ1v) is 28.6. The number of nitrogens with zero attached hydrogens (tertiary/aromatic N) is 2. The molecule has 2 saturated heterocycles. The molecule has 0 radical (unpaired) electrons. The largest absolute Gasteiger partial charge is 0.294 e. The van der Waals surface area contributed by atoms with Gasteiger partial charge in [-0.2, -0.15) is 0 Å². The van der Waals surface area contributed by atoms with E-state index in [0.717, 1.165) is 119 Å². The third kappa shape index (κ3) is 7.08. The normalized spacial score (nSPS) is 52.2. The molecular formula is C57H94N2. The van der Waals surface area contributed by atoms with Crippen LogP contribution in [0.25, 0.3) is 0 Å². The summed E-state index contributed by atoms with van der Waals surface area (Å²) >= 11 is 0. The Hall–Kier alpha value is -0.0800. The first-order valence-electron chi connectivity index (χ1n) is 28.6. The van der Waals surface area contributed by atoms with Crippen molar-refractivity contribution in [2.45, 2.75) is 268 Å². The zero-order valence-electron chi connectivity index (χ0n) is 39.0. The van der Waals surface area contributed by atoms with Crippen molar-refractivity contribution in [2.75, 3.05) is 0 Å². The predicted octanol–water partition coefficient (Wildman–Crippen LogP) is 14.9. The molecule has 0 N–H and O–H groups in total. The van der Waals surface area contributed by atoms with Gasteiger partial charge in [0, 0.05) is 36.3 Å². The summed E-state index contributed by atoms with van der Waals surface area (Å²) in [7, 11) is 0. The lowest BCUT2D eigenvalue weighted by Gasteiger charge is -2.50. The second kappa shape index (κ2) is 16.7. The zero-order valence-corrected chi connectivity index (χ0v) is 39.0. The maximum atomic E-state index is 3.45. The summed E-state index contributed by atoms with van der Waals surface area (Å²) in [6.45, 7) is 5.52. The highest BCUT2D eigenvalue weighted by Gasteiger charge is 2.61. The molecular weight excluding hydrogens is 713 g/mol. The van der Waals surface area contributed by atoms with Crippen LogP contribution >= 0.6 is 0 Å². The summed E-state index contributed by atoms with van der Waals surface area (Å²) in [5, 5.41) is 0. The van der Waals surface area contributed by atoms with Crippen molar-refractivity contribution < 1.29 is 0 Å². The maximum Gasteiger partial charge on any atom is 0.0133 e. The van der Waals surface area contributed by atoms with E-state index in [0.29, 0.717) is 5.41 Å². The molecule has 0 spiro atoms. The Morgan fingerprint density at radius 1 is 0.271 bits per heavy atom. The van der Waals surface area contributed by atoms with Gasteiger partial charge < -0.3 is 0 Å². The minimum atomic E-state index is 0.592. The van der Waals surface area contributed by atoms with Crippen LogP contribution in [0.1, 0.15) is 232 Å². The second-order valence-electron chi connectivity index (χ2n) is 26.3. The van der Waals surface area contributed by atoms with Gasteiger partial charge in [0.15, 0.2) is 0 Å². The molecule has 2 heteroatoms. The van der Waals surface area contributed by atoms with Crippen LogP contribution in [0.2, 0.25) is 0 Å². The SMILES string of the molecule is CC1(C)C2CCCCC2C2CCC(N3C4CCCCC4C4CC(C5CCC6C(C5)C5CCCCC5N6C5CC(C6CCCCC6)CC(C6CCCCC6)C5)CCC43)CC21. The van der Waals surface area contributed by atoms with Crippen molar-refractivity contribution in [3.63, 3.8) is 0 Å². The molecule has 12 aliphatic rings. The summed E-state index contributed by atoms with van der Waals surface area (Å²) in [5.41, 5.74) is 0.592.